The molecule has 0 spiro atoms. The topological polar surface area (TPSA) is 252 Å². The van der Waals surface area contributed by atoms with Crippen LogP contribution in [-0.4, -0.2) is 69.3 Å². The van der Waals surface area contributed by atoms with Crippen LogP contribution in [0.25, 0.3) is 61.0 Å². The van der Waals surface area contributed by atoms with E-state index in [9.17, 15) is 36.7 Å². The van der Waals surface area contributed by atoms with Crippen molar-refractivity contribution in [3.8, 4) is 11.4 Å². The first-order chi connectivity index (χ1) is 43.7. The molecule has 0 amide bonds. The molecule has 1 atom stereocenters. The number of hydrogen-bond donors (Lipinski definition) is 1. The van der Waals surface area contributed by atoms with Crippen molar-refractivity contribution in [2.24, 2.45) is 10.3 Å². The molecule has 1 unspecified atom stereocenters. The molecule has 0 saturated carbocycles. The summed E-state index contributed by atoms with van der Waals surface area (Å²) in [6.07, 6.45) is 5.21. The summed E-state index contributed by atoms with van der Waals surface area (Å²) >= 11 is 3.39. The molecule has 480 valence electrons. The number of unbranched alkanes of at least 4 members (excludes halogenated alkanes) is 2. The molecule has 0 radical (unpaired) electrons. The maximum atomic E-state index is 13.8. The molecule has 1 aliphatic heterocycles. The van der Waals surface area contributed by atoms with Gasteiger partial charge in [0.15, 0.2) is 11.2 Å². The number of aryl methyl sites for hydroxylation is 2. The normalized spacial score (nSPS) is 13.7. The Kier molecular flexibility index (Phi) is 24.0. The molecule has 25 heteroatoms. The molecule has 0 bridgehead atoms. The Morgan fingerprint density at radius 1 is 0.645 bits per heavy atom. The predicted molar refractivity (Wildman–Crippen MR) is 339 cm³/mol. The van der Waals surface area contributed by atoms with Gasteiger partial charge in [-0.15, -0.1) is 0 Å². The van der Waals surface area contributed by atoms with E-state index in [1.165, 1.54) is 88.1 Å². The minimum Gasteiger partial charge on any atom is -0.769 e. The summed E-state index contributed by atoms with van der Waals surface area (Å²) in [5.41, 5.74) is 3.82. The first kappa shape index (κ1) is 71.6. The van der Waals surface area contributed by atoms with Crippen LogP contribution < -0.4 is 45.3 Å². The second-order valence-electron chi connectivity index (χ2n) is 23.7. The van der Waals surface area contributed by atoms with Gasteiger partial charge < -0.3 is 33.0 Å². The Bertz CT molecular complexity index is 4520. The van der Waals surface area contributed by atoms with Gasteiger partial charge in [-0.2, -0.15) is 0 Å². The summed E-state index contributed by atoms with van der Waals surface area (Å²) in [6.45, 7) is 18.2. The summed E-state index contributed by atoms with van der Waals surface area (Å²) in [6, 6.07) is 29.9. The molecule has 11 rings (SSSR count). The Hall–Kier alpha value is -8.87. The smallest absolute Gasteiger partial charge is 0.769 e. The van der Waals surface area contributed by atoms with Gasteiger partial charge in [-0.05, 0) is 184 Å². The quantitative estimate of drug-likeness (QED) is 0.0180. The number of nitrogens with zero attached hydrogens (tertiary/aromatic N) is 8. The van der Waals surface area contributed by atoms with E-state index in [4.69, 9.17) is 38.0 Å². The maximum Gasteiger partial charge on any atom is 1.00 e. The number of hydrogen-bond acceptors (Lipinski definition) is 17. The number of aromatic nitrogens is 6. The Balaban J connectivity index is 0.000000221. The first-order valence-electron chi connectivity index (χ1n) is 29.2. The Morgan fingerprint density at radius 2 is 1.11 bits per heavy atom. The van der Waals surface area contributed by atoms with Crippen LogP contribution in [0.15, 0.2) is 157 Å². The van der Waals surface area contributed by atoms with Gasteiger partial charge in [0.2, 0.25) is 17.4 Å². The standard InChI is InChI=1S/C34H32F2N4O5.C24H26FN3O4.C10H8FNO.ClO.Na/c1-33(2,3)44-30(41)8-6-5-7-29-37-26-17-20(9-15-24(26)31(42)40(29)23-13-10-21(35)11-14-23)27-19-34(4,45-39-27)32-38-25-16-12-22(36)18-28(25)43-32;1-24(2,3)32-22(29)7-5-4-6-21-27-20-14-16(15-26-31)8-13-19(20)23(30)28(21)18-11-9-17(25)10-12-18;1-6(2)10-12-8-4-3-7(11)5-9(8)13-10;1-2;/h9-18H,5-8,19H2,1-4H3;8-15,31H,4-7H2,1-3H3;3-5H,1H2,2H3;;/q;;;-1;+1/b;26-15+;;;. The van der Waals surface area contributed by atoms with E-state index in [1.54, 1.807) is 62.4 Å². The van der Waals surface area contributed by atoms with Crippen molar-refractivity contribution in [3.63, 3.8) is 0 Å². The zero-order valence-corrected chi connectivity index (χ0v) is 55.4. The van der Waals surface area contributed by atoms with Crippen molar-refractivity contribution in [1.29, 1.82) is 0 Å². The van der Waals surface area contributed by atoms with E-state index in [0.29, 0.717) is 135 Å². The molecule has 6 aromatic carbocycles. The van der Waals surface area contributed by atoms with Crippen LogP contribution in [0.4, 0.5) is 17.6 Å². The molecule has 93 heavy (non-hydrogen) atoms. The van der Waals surface area contributed by atoms with Gasteiger partial charge in [-0.25, -0.2) is 49.4 Å². The largest absolute Gasteiger partial charge is 1.00 e. The van der Waals surface area contributed by atoms with Crippen LogP contribution in [0.3, 0.4) is 0 Å². The molecule has 4 aromatic heterocycles. The minimum absolute atomic E-state index is 0. The zero-order chi connectivity index (χ0) is 66.7. The van der Waals surface area contributed by atoms with Crippen LogP contribution in [0.2, 0.25) is 0 Å². The van der Waals surface area contributed by atoms with E-state index in [0.717, 1.165) is 5.57 Å². The number of ether oxygens (including phenoxy) is 2. The second-order valence-corrected chi connectivity index (χ2v) is 23.7. The van der Waals surface area contributed by atoms with E-state index in [2.05, 4.69) is 43.7 Å². The number of oxazole rings is 2. The fourth-order valence-electron chi connectivity index (χ4n) is 9.76. The van der Waals surface area contributed by atoms with Gasteiger partial charge in [-0.3, -0.25) is 28.3 Å². The number of carbonyl (C=O) groups is 2. The average Bonchev–Trinajstić information content (AvgIpc) is 1.60. The number of rotatable bonds is 16. The van der Waals surface area contributed by atoms with E-state index in [1.807, 2.05) is 41.5 Å². The van der Waals surface area contributed by atoms with Gasteiger partial charge in [0, 0.05) is 55.4 Å². The molecular formula is C68H66ClF4N8NaO11. The van der Waals surface area contributed by atoms with Crippen molar-refractivity contribution in [3.05, 3.63) is 206 Å². The third kappa shape index (κ3) is 18.7. The number of fused-ring (bicyclic) bond motifs is 4. The van der Waals surface area contributed by atoms with Gasteiger partial charge in [0.05, 0.1) is 45.1 Å². The van der Waals surface area contributed by atoms with E-state index in [-0.39, 0.29) is 77.2 Å². The molecule has 10 aromatic rings. The van der Waals surface area contributed by atoms with Crippen molar-refractivity contribution >= 4 is 85.3 Å². The number of esters is 2. The van der Waals surface area contributed by atoms with Crippen LogP contribution in [0.5, 0.6) is 0 Å². The molecule has 0 aliphatic carbocycles. The summed E-state index contributed by atoms with van der Waals surface area (Å²) < 4.78 is 86.1. The minimum atomic E-state index is -1.02. The third-order valence-corrected chi connectivity index (χ3v) is 13.9. The number of benzene rings is 6. The Morgan fingerprint density at radius 3 is 1.59 bits per heavy atom. The maximum absolute atomic E-state index is 13.8. The van der Waals surface area contributed by atoms with Crippen LogP contribution in [-0.2, 0) is 42.3 Å². The second kappa shape index (κ2) is 31.2. The van der Waals surface area contributed by atoms with Gasteiger partial charge in [0.25, 0.3) is 11.1 Å². The molecule has 1 N–H and O–H groups in total. The molecule has 19 nitrogen and oxygen atoms in total. The van der Waals surface area contributed by atoms with E-state index < -0.39 is 34.3 Å². The molecule has 1 aliphatic rings. The summed E-state index contributed by atoms with van der Waals surface area (Å²) in [5.74, 6) is -0.412. The van der Waals surface area contributed by atoms with Crippen molar-refractivity contribution in [1.82, 2.24) is 29.1 Å². The van der Waals surface area contributed by atoms with E-state index >= 15 is 0 Å². The van der Waals surface area contributed by atoms with Crippen molar-refractivity contribution in [2.45, 2.75) is 130 Å². The van der Waals surface area contributed by atoms with Crippen LogP contribution in [0.1, 0.15) is 135 Å². The summed E-state index contributed by atoms with van der Waals surface area (Å²) in [5, 5.41) is 16.9. The van der Waals surface area contributed by atoms with Gasteiger partial charge in [-0.1, -0.05) is 29.0 Å². The average molecular weight is 1310 g/mol. The molecule has 0 fully saturated rings. The third-order valence-electron chi connectivity index (χ3n) is 13.9. The molecular weight excluding hydrogens is 1240 g/mol. The van der Waals surface area contributed by atoms with Crippen molar-refractivity contribution < 1.29 is 89.7 Å². The van der Waals surface area contributed by atoms with Gasteiger partial charge in [0.1, 0.15) is 57.2 Å². The van der Waals surface area contributed by atoms with Crippen LogP contribution in [0, 0.1) is 23.3 Å². The van der Waals surface area contributed by atoms with Gasteiger partial charge >= 0.3 is 41.5 Å². The fourth-order valence-corrected chi connectivity index (χ4v) is 9.76. The SMILES string of the molecule is C=C(C)c1nc2ccc(F)cc2o1.CC(C)(C)OC(=O)CCCCc1nc2cc(/C=N/O)ccc2c(=O)n1-c1ccc(F)cc1.CC(C)(C)OC(=O)CCCCc1nc2cc(C3=NOC(C)(c4nc5ccc(F)cc5o4)C3)ccc2c(=O)n1-c1ccc(F)cc1.[Na+].[O-]Cl. The molecule has 0 saturated heterocycles. The number of halogens is 5. The fraction of sp³-hybridized carbons (Fsp3) is 0.294. The van der Waals surface area contributed by atoms with Crippen molar-refractivity contribution in [2.75, 3.05) is 0 Å². The molecule has 5 heterocycles. The number of carbonyl (C=O) groups excluding carboxylic acids is 2. The predicted octanol–water partition coefficient (Wildman–Crippen LogP) is 10.8. The summed E-state index contributed by atoms with van der Waals surface area (Å²) in [7, 11) is 0. The first-order valence-corrected chi connectivity index (χ1v) is 29.5. The number of allylic oxidation sites excluding steroid dienone is 1. The van der Waals surface area contributed by atoms with Crippen LogP contribution >= 0.6 is 11.9 Å². The monoisotopic (exact) mass is 1300 g/mol. The number of oxime groups is 2. The summed E-state index contributed by atoms with van der Waals surface area (Å²) in [4.78, 5) is 75.2. The zero-order valence-electron chi connectivity index (χ0n) is 52.7. The Labute approximate surface area is 558 Å².